The van der Waals surface area contributed by atoms with Crippen molar-refractivity contribution in [1.82, 2.24) is 0 Å². The highest BCUT2D eigenvalue weighted by Gasteiger charge is 2.04. The minimum atomic E-state index is -0.189. The summed E-state index contributed by atoms with van der Waals surface area (Å²) in [5, 5.41) is 2.19. The van der Waals surface area contributed by atoms with Gasteiger partial charge in [0.25, 0.3) is 0 Å². The Labute approximate surface area is 113 Å². The van der Waals surface area contributed by atoms with Crippen LogP contribution in [-0.4, -0.2) is 6.61 Å². The molecule has 0 atom stereocenters. The van der Waals surface area contributed by atoms with Crippen LogP contribution in [-0.2, 0) is 13.1 Å². The molecule has 19 heavy (non-hydrogen) atoms. The van der Waals surface area contributed by atoms with Crippen molar-refractivity contribution in [2.24, 2.45) is 0 Å². The van der Waals surface area contributed by atoms with Crippen LogP contribution in [0, 0.1) is 5.82 Å². The molecule has 0 fully saturated rings. The standard InChI is InChI=1S/C16H18FNO/c1-2-19-16-6-4-3-5-14(16)12-18-11-13-7-9-15(17)10-8-13/h3-10,18H,2,11-12H2,1H3/p+1. The predicted molar refractivity (Wildman–Crippen MR) is 73.3 cm³/mol. The Morgan fingerprint density at radius 3 is 2.47 bits per heavy atom. The molecule has 0 aromatic heterocycles. The second kappa shape index (κ2) is 6.90. The smallest absolute Gasteiger partial charge is 0.128 e. The Balaban J connectivity index is 1.90. The molecule has 3 heteroatoms. The second-order valence-corrected chi connectivity index (χ2v) is 4.36. The number of rotatable bonds is 6. The molecule has 0 radical (unpaired) electrons. The lowest BCUT2D eigenvalue weighted by Gasteiger charge is -2.09. The van der Waals surface area contributed by atoms with Crippen molar-refractivity contribution in [2.45, 2.75) is 20.0 Å². The lowest BCUT2D eigenvalue weighted by molar-refractivity contribution is -0.686. The third-order valence-corrected chi connectivity index (χ3v) is 2.93. The number of quaternary nitrogens is 1. The summed E-state index contributed by atoms with van der Waals surface area (Å²) in [4.78, 5) is 0. The fourth-order valence-corrected chi connectivity index (χ4v) is 1.98. The summed E-state index contributed by atoms with van der Waals surface area (Å²) >= 11 is 0. The SMILES string of the molecule is CCOc1ccccc1C[NH2+]Cc1ccc(F)cc1. The van der Waals surface area contributed by atoms with Gasteiger partial charge in [-0.05, 0) is 31.2 Å². The molecular weight excluding hydrogens is 241 g/mol. The van der Waals surface area contributed by atoms with Crippen LogP contribution in [0.5, 0.6) is 5.75 Å². The van der Waals surface area contributed by atoms with Gasteiger partial charge in [0.1, 0.15) is 24.7 Å². The first-order valence-electron chi connectivity index (χ1n) is 6.56. The van der Waals surface area contributed by atoms with Crippen molar-refractivity contribution < 1.29 is 14.4 Å². The van der Waals surface area contributed by atoms with Crippen LogP contribution < -0.4 is 10.1 Å². The molecule has 100 valence electrons. The Morgan fingerprint density at radius 2 is 1.74 bits per heavy atom. The minimum Gasteiger partial charge on any atom is -0.493 e. The third kappa shape index (κ3) is 4.07. The van der Waals surface area contributed by atoms with E-state index in [0.717, 1.165) is 24.4 Å². The summed E-state index contributed by atoms with van der Waals surface area (Å²) < 4.78 is 18.4. The number of para-hydroxylation sites is 1. The Kier molecular flexibility index (Phi) is 4.93. The van der Waals surface area contributed by atoms with Crippen molar-refractivity contribution in [3.63, 3.8) is 0 Å². The molecule has 0 aliphatic carbocycles. The maximum Gasteiger partial charge on any atom is 0.128 e. The van der Waals surface area contributed by atoms with E-state index in [4.69, 9.17) is 4.74 Å². The molecule has 0 aliphatic rings. The summed E-state index contributed by atoms with van der Waals surface area (Å²) in [5.74, 6) is 0.755. The van der Waals surface area contributed by atoms with Crippen molar-refractivity contribution >= 4 is 0 Å². The zero-order valence-corrected chi connectivity index (χ0v) is 11.1. The Morgan fingerprint density at radius 1 is 1.00 bits per heavy atom. The molecule has 0 aliphatic heterocycles. The van der Waals surface area contributed by atoms with Gasteiger partial charge in [-0.3, -0.25) is 0 Å². The van der Waals surface area contributed by atoms with E-state index in [1.165, 1.54) is 17.7 Å². The van der Waals surface area contributed by atoms with Crippen LogP contribution >= 0.6 is 0 Å². The van der Waals surface area contributed by atoms with Crippen LogP contribution in [0.3, 0.4) is 0 Å². The molecule has 2 rings (SSSR count). The van der Waals surface area contributed by atoms with E-state index < -0.39 is 0 Å². The van der Waals surface area contributed by atoms with Crippen LogP contribution in [0.25, 0.3) is 0 Å². The highest BCUT2D eigenvalue weighted by atomic mass is 19.1. The van der Waals surface area contributed by atoms with Gasteiger partial charge in [0, 0.05) is 11.1 Å². The van der Waals surface area contributed by atoms with Gasteiger partial charge in [-0.25, -0.2) is 4.39 Å². The van der Waals surface area contributed by atoms with Crippen LogP contribution in [0.1, 0.15) is 18.1 Å². The van der Waals surface area contributed by atoms with Crippen molar-refractivity contribution in [2.75, 3.05) is 6.61 Å². The predicted octanol–water partition coefficient (Wildman–Crippen LogP) is 2.49. The number of nitrogens with two attached hydrogens (primary N) is 1. The van der Waals surface area contributed by atoms with Gasteiger partial charge in [0.15, 0.2) is 0 Å². The number of hydrogen-bond acceptors (Lipinski definition) is 1. The van der Waals surface area contributed by atoms with Gasteiger partial charge >= 0.3 is 0 Å². The fraction of sp³-hybridized carbons (Fsp3) is 0.250. The molecular formula is C16H19FNO+. The van der Waals surface area contributed by atoms with Gasteiger partial charge in [-0.1, -0.05) is 24.3 Å². The fourth-order valence-electron chi connectivity index (χ4n) is 1.98. The van der Waals surface area contributed by atoms with Crippen LogP contribution in [0.15, 0.2) is 48.5 Å². The van der Waals surface area contributed by atoms with E-state index in [-0.39, 0.29) is 5.82 Å². The maximum atomic E-state index is 12.8. The van der Waals surface area contributed by atoms with Crippen molar-refractivity contribution in [3.8, 4) is 5.75 Å². The van der Waals surface area contributed by atoms with Crippen molar-refractivity contribution in [3.05, 3.63) is 65.5 Å². The van der Waals surface area contributed by atoms with Gasteiger partial charge < -0.3 is 10.1 Å². The zero-order valence-electron chi connectivity index (χ0n) is 11.1. The average molecular weight is 260 g/mol. The largest absolute Gasteiger partial charge is 0.493 e. The van der Waals surface area contributed by atoms with E-state index in [0.29, 0.717) is 6.61 Å². The molecule has 2 N–H and O–H groups in total. The Hall–Kier alpha value is -1.87. The third-order valence-electron chi connectivity index (χ3n) is 2.93. The average Bonchev–Trinajstić information content (AvgIpc) is 2.43. The minimum absolute atomic E-state index is 0.189. The Bertz CT molecular complexity index is 510. The molecule has 0 bridgehead atoms. The highest BCUT2D eigenvalue weighted by molar-refractivity contribution is 5.32. The first-order valence-corrected chi connectivity index (χ1v) is 6.56. The molecule has 2 aromatic rings. The molecule has 0 unspecified atom stereocenters. The van der Waals surface area contributed by atoms with E-state index in [1.807, 2.05) is 37.3 Å². The first-order chi connectivity index (χ1) is 9.29. The zero-order chi connectivity index (χ0) is 13.5. The molecule has 0 amide bonds. The molecule has 0 saturated heterocycles. The summed E-state index contributed by atoms with van der Waals surface area (Å²) in [6.45, 7) is 4.35. The van der Waals surface area contributed by atoms with Gasteiger partial charge in [-0.15, -0.1) is 0 Å². The van der Waals surface area contributed by atoms with Gasteiger partial charge in [0.2, 0.25) is 0 Å². The molecule has 0 saturated carbocycles. The quantitative estimate of drug-likeness (QED) is 0.848. The van der Waals surface area contributed by atoms with E-state index in [1.54, 1.807) is 0 Å². The normalized spacial score (nSPS) is 10.4. The monoisotopic (exact) mass is 260 g/mol. The first kappa shape index (κ1) is 13.6. The van der Waals surface area contributed by atoms with Crippen LogP contribution in [0.2, 0.25) is 0 Å². The number of halogens is 1. The summed E-state index contributed by atoms with van der Waals surface area (Å²) in [6.07, 6.45) is 0. The number of hydrogen-bond donors (Lipinski definition) is 1. The number of benzene rings is 2. The molecule has 0 heterocycles. The van der Waals surface area contributed by atoms with E-state index in [9.17, 15) is 4.39 Å². The lowest BCUT2D eigenvalue weighted by atomic mass is 10.2. The van der Waals surface area contributed by atoms with E-state index in [2.05, 4.69) is 11.4 Å². The highest BCUT2D eigenvalue weighted by Crippen LogP contribution is 2.16. The van der Waals surface area contributed by atoms with E-state index >= 15 is 0 Å². The van der Waals surface area contributed by atoms with Crippen molar-refractivity contribution in [1.29, 1.82) is 0 Å². The van der Waals surface area contributed by atoms with Gasteiger partial charge in [-0.2, -0.15) is 0 Å². The molecule has 0 spiro atoms. The lowest BCUT2D eigenvalue weighted by Crippen LogP contribution is -2.80. The van der Waals surface area contributed by atoms with Gasteiger partial charge in [0.05, 0.1) is 6.61 Å². The molecule has 2 aromatic carbocycles. The summed E-state index contributed by atoms with van der Waals surface area (Å²) in [6, 6.07) is 14.7. The summed E-state index contributed by atoms with van der Waals surface area (Å²) in [7, 11) is 0. The topological polar surface area (TPSA) is 25.8 Å². The second-order valence-electron chi connectivity index (χ2n) is 4.36. The molecule has 2 nitrogen and oxygen atoms in total. The maximum absolute atomic E-state index is 12.8. The van der Waals surface area contributed by atoms with Crippen LogP contribution in [0.4, 0.5) is 4.39 Å². The number of ether oxygens (including phenoxy) is 1. The summed E-state index contributed by atoms with van der Waals surface area (Å²) in [5.41, 5.74) is 2.31.